The summed E-state index contributed by atoms with van der Waals surface area (Å²) in [6, 6.07) is 4.22. The smallest absolute Gasteiger partial charge is 0.349 e. The van der Waals surface area contributed by atoms with Gasteiger partial charge in [0.2, 0.25) is 0 Å². The van der Waals surface area contributed by atoms with E-state index < -0.39 is 24.4 Å². The number of benzene rings is 1. The molecule has 0 fully saturated rings. The number of nitrogens with two attached hydrogens (primary N) is 1. The summed E-state index contributed by atoms with van der Waals surface area (Å²) in [6.45, 7) is -0.768. The summed E-state index contributed by atoms with van der Waals surface area (Å²) in [7, 11) is 0. The van der Waals surface area contributed by atoms with Crippen LogP contribution in [0.15, 0.2) is 18.2 Å². The molecule has 6 nitrogen and oxygen atoms in total. The molecule has 1 aromatic heterocycles. The van der Waals surface area contributed by atoms with E-state index in [-0.39, 0.29) is 31.8 Å². The number of hydrogen-bond donors (Lipinski definition) is 3. The predicted molar refractivity (Wildman–Crippen MR) is 79.2 cm³/mol. The SMILES string of the molecule is Nc1cccc(-c2sc(C(=O)O)c(OCC(=O)O)c2Cl)c1F. The summed E-state index contributed by atoms with van der Waals surface area (Å²) >= 11 is 6.71. The van der Waals surface area contributed by atoms with Crippen molar-refractivity contribution in [2.24, 2.45) is 0 Å². The lowest BCUT2D eigenvalue weighted by Gasteiger charge is -2.05. The Morgan fingerprint density at radius 3 is 2.64 bits per heavy atom. The van der Waals surface area contributed by atoms with Crippen LogP contribution in [-0.2, 0) is 4.79 Å². The van der Waals surface area contributed by atoms with Crippen LogP contribution < -0.4 is 10.5 Å². The maximum absolute atomic E-state index is 14.1. The van der Waals surface area contributed by atoms with Crippen molar-refractivity contribution in [2.45, 2.75) is 0 Å². The molecule has 2 rings (SSSR count). The Labute approximate surface area is 132 Å². The molecule has 0 unspecified atom stereocenters. The summed E-state index contributed by atoms with van der Waals surface area (Å²) in [4.78, 5) is 21.6. The number of hydrogen-bond acceptors (Lipinski definition) is 5. The fraction of sp³-hybridized carbons (Fsp3) is 0.0769. The Morgan fingerprint density at radius 2 is 2.05 bits per heavy atom. The summed E-state index contributed by atoms with van der Waals surface area (Å²) < 4.78 is 19.0. The molecular weight excluding hydrogens is 337 g/mol. The molecule has 0 bridgehead atoms. The number of aliphatic carboxylic acids is 1. The van der Waals surface area contributed by atoms with Crippen molar-refractivity contribution in [2.75, 3.05) is 12.3 Å². The molecule has 0 aliphatic rings. The third kappa shape index (κ3) is 2.97. The molecular formula is C13H9ClFNO5S. The normalized spacial score (nSPS) is 10.5. The van der Waals surface area contributed by atoms with Gasteiger partial charge >= 0.3 is 11.9 Å². The Balaban J connectivity index is 2.58. The van der Waals surface area contributed by atoms with Gasteiger partial charge < -0.3 is 20.7 Å². The Hall–Kier alpha value is -2.32. The monoisotopic (exact) mass is 345 g/mol. The summed E-state index contributed by atoms with van der Waals surface area (Å²) in [5.74, 6) is -3.70. The highest BCUT2D eigenvalue weighted by atomic mass is 35.5. The van der Waals surface area contributed by atoms with E-state index in [1.165, 1.54) is 18.2 Å². The highest BCUT2D eigenvalue weighted by molar-refractivity contribution is 7.18. The van der Waals surface area contributed by atoms with Gasteiger partial charge in [0.25, 0.3) is 0 Å². The molecule has 4 N–H and O–H groups in total. The van der Waals surface area contributed by atoms with Gasteiger partial charge in [-0.2, -0.15) is 0 Å². The standard InChI is InChI=1S/C13H9ClFNO5S/c14-8-10(21-4-7(17)18)12(13(19)20)22-11(8)5-2-1-3-6(16)9(5)15/h1-3H,4,16H2,(H,17,18)(H,19,20). The Kier molecular flexibility index (Phi) is 4.53. The van der Waals surface area contributed by atoms with E-state index >= 15 is 0 Å². The van der Waals surface area contributed by atoms with E-state index in [2.05, 4.69) is 0 Å². The third-order valence-electron chi connectivity index (χ3n) is 2.62. The Bertz CT molecular complexity index is 761. The summed E-state index contributed by atoms with van der Waals surface area (Å²) in [6.07, 6.45) is 0. The molecule has 1 aromatic carbocycles. The molecule has 2 aromatic rings. The van der Waals surface area contributed by atoms with E-state index in [0.717, 1.165) is 0 Å². The molecule has 1 heterocycles. The zero-order valence-corrected chi connectivity index (χ0v) is 12.4. The molecule has 116 valence electrons. The number of thiophene rings is 1. The number of carboxylic acids is 2. The number of halogens is 2. The average Bonchev–Trinajstić information content (AvgIpc) is 2.77. The topological polar surface area (TPSA) is 110 Å². The van der Waals surface area contributed by atoms with Crippen molar-refractivity contribution < 1.29 is 28.9 Å². The highest BCUT2D eigenvalue weighted by Gasteiger charge is 2.26. The second-order valence-corrected chi connectivity index (χ2v) is 5.50. The minimum absolute atomic E-state index is 0.0164. The predicted octanol–water partition coefficient (Wildman–Crippen LogP) is 2.95. The van der Waals surface area contributed by atoms with Gasteiger partial charge in [-0.3, -0.25) is 0 Å². The van der Waals surface area contributed by atoms with E-state index in [4.69, 9.17) is 32.3 Å². The van der Waals surface area contributed by atoms with Crippen LogP contribution in [0.25, 0.3) is 10.4 Å². The van der Waals surface area contributed by atoms with Gasteiger partial charge in [-0.15, -0.1) is 11.3 Å². The van der Waals surface area contributed by atoms with E-state index in [1.54, 1.807) is 0 Å². The van der Waals surface area contributed by atoms with Crippen molar-refractivity contribution in [3.8, 4) is 16.2 Å². The van der Waals surface area contributed by atoms with Crippen molar-refractivity contribution in [3.63, 3.8) is 0 Å². The van der Waals surface area contributed by atoms with Crippen molar-refractivity contribution >= 4 is 40.6 Å². The average molecular weight is 346 g/mol. The van der Waals surface area contributed by atoms with Gasteiger partial charge in [-0.05, 0) is 6.07 Å². The first kappa shape index (κ1) is 16.1. The van der Waals surface area contributed by atoms with Crippen molar-refractivity contribution in [3.05, 3.63) is 33.9 Å². The van der Waals surface area contributed by atoms with E-state index in [1.807, 2.05) is 0 Å². The molecule has 0 radical (unpaired) electrons. The molecule has 22 heavy (non-hydrogen) atoms. The first-order valence-corrected chi connectivity index (χ1v) is 6.97. The lowest BCUT2D eigenvalue weighted by Crippen LogP contribution is -2.10. The van der Waals surface area contributed by atoms with Crippen LogP contribution in [0, 0.1) is 5.82 Å². The lowest BCUT2D eigenvalue weighted by molar-refractivity contribution is -0.139. The number of carboxylic acid groups (broad SMARTS) is 2. The molecule has 0 saturated carbocycles. The van der Waals surface area contributed by atoms with Gasteiger partial charge in [0, 0.05) is 5.56 Å². The molecule has 0 atom stereocenters. The maximum atomic E-state index is 14.1. The fourth-order valence-electron chi connectivity index (χ4n) is 1.70. The first-order chi connectivity index (χ1) is 10.3. The highest BCUT2D eigenvalue weighted by Crippen LogP contribution is 2.46. The third-order valence-corrected chi connectivity index (χ3v) is 4.28. The van der Waals surface area contributed by atoms with Crippen LogP contribution in [0.3, 0.4) is 0 Å². The fourth-order valence-corrected chi connectivity index (χ4v) is 3.12. The number of nitrogen functional groups attached to an aromatic ring is 1. The Morgan fingerprint density at radius 1 is 1.36 bits per heavy atom. The maximum Gasteiger partial charge on any atom is 0.349 e. The minimum atomic E-state index is -1.36. The van der Waals surface area contributed by atoms with Gasteiger partial charge in [-0.25, -0.2) is 14.0 Å². The van der Waals surface area contributed by atoms with Gasteiger partial charge in [0.05, 0.1) is 10.6 Å². The van der Waals surface area contributed by atoms with Crippen molar-refractivity contribution in [1.29, 1.82) is 0 Å². The second kappa shape index (κ2) is 6.20. The second-order valence-electron chi connectivity index (χ2n) is 4.10. The van der Waals surface area contributed by atoms with Crippen LogP contribution in [0.1, 0.15) is 9.67 Å². The molecule has 0 aliphatic heterocycles. The zero-order valence-electron chi connectivity index (χ0n) is 10.8. The van der Waals surface area contributed by atoms with Crippen LogP contribution in [0.5, 0.6) is 5.75 Å². The number of rotatable bonds is 5. The van der Waals surface area contributed by atoms with Crippen molar-refractivity contribution in [1.82, 2.24) is 0 Å². The number of carbonyl (C=O) groups is 2. The van der Waals surface area contributed by atoms with E-state index in [9.17, 15) is 14.0 Å². The number of ether oxygens (including phenoxy) is 1. The minimum Gasteiger partial charge on any atom is -0.479 e. The van der Waals surface area contributed by atoms with Gasteiger partial charge in [-0.1, -0.05) is 23.7 Å². The largest absolute Gasteiger partial charge is 0.479 e. The summed E-state index contributed by atoms with van der Waals surface area (Å²) in [5, 5.41) is 17.6. The van der Waals surface area contributed by atoms with E-state index in [0.29, 0.717) is 11.3 Å². The molecule has 0 amide bonds. The van der Waals surface area contributed by atoms with Crippen LogP contribution in [0.4, 0.5) is 10.1 Å². The van der Waals surface area contributed by atoms with Gasteiger partial charge in [0.15, 0.2) is 23.1 Å². The van der Waals surface area contributed by atoms with Crippen LogP contribution >= 0.6 is 22.9 Å². The zero-order chi connectivity index (χ0) is 16.4. The number of anilines is 1. The van der Waals surface area contributed by atoms with Crippen LogP contribution in [-0.4, -0.2) is 28.8 Å². The number of aromatic carboxylic acids is 1. The molecule has 0 spiro atoms. The molecule has 0 saturated heterocycles. The first-order valence-electron chi connectivity index (χ1n) is 5.77. The molecule has 0 aliphatic carbocycles. The van der Waals surface area contributed by atoms with Gasteiger partial charge in [0.1, 0.15) is 5.02 Å². The quantitative estimate of drug-likeness (QED) is 0.719. The molecule has 9 heteroatoms. The summed E-state index contributed by atoms with van der Waals surface area (Å²) in [5.41, 5.74) is 5.37. The lowest BCUT2D eigenvalue weighted by atomic mass is 10.1. The van der Waals surface area contributed by atoms with Crippen LogP contribution in [0.2, 0.25) is 5.02 Å².